The highest BCUT2D eigenvalue weighted by molar-refractivity contribution is 6.33. The molecule has 1 aromatic carbocycles. The van der Waals surface area contributed by atoms with Gasteiger partial charge < -0.3 is 14.6 Å². The second-order valence-electron chi connectivity index (χ2n) is 4.56. The molecule has 1 aromatic rings. The Morgan fingerprint density at radius 3 is 2.68 bits per heavy atom. The molecule has 4 nitrogen and oxygen atoms in total. The third kappa shape index (κ3) is 5.49. The van der Waals surface area contributed by atoms with Crippen molar-refractivity contribution in [2.24, 2.45) is 5.92 Å². The zero-order valence-corrected chi connectivity index (χ0v) is 11.9. The first-order valence-electron chi connectivity index (χ1n) is 6.24. The summed E-state index contributed by atoms with van der Waals surface area (Å²) in [6, 6.07) is 4.77. The predicted octanol–water partition coefficient (Wildman–Crippen LogP) is 3.48. The van der Waals surface area contributed by atoms with Crippen molar-refractivity contribution in [1.82, 2.24) is 0 Å². The number of rotatable bonds is 8. The van der Waals surface area contributed by atoms with Crippen molar-refractivity contribution in [2.45, 2.75) is 20.3 Å². The molecule has 0 bridgehead atoms. The summed E-state index contributed by atoms with van der Waals surface area (Å²) >= 11 is 5.83. The molecule has 1 rings (SSSR count). The van der Waals surface area contributed by atoms with Crippen molar-refractivity contribution in [2.75, 3.05) is 19.8 Å². The van der Waals surface area contributed by atoms with Gasteiger partial charge in [-0.05, 0) is 24.5 Å². The molecule has 19 heavy (non-hydrogen) atoms. The number of benzene rings is 1. The second-order valence-corrected chi connectivity index (χ2v) is 4.97. The molecule has 0 unspecified atom stereocenters. The summed E-state index contributed by atoms with van der Waals surface area (Å²) in [5.74, 6) is -0.221. The van der Waals surface area contributed by atoms with Gasteiger partial charge in [-0.15, -0.1) is 0 Å². The van der Waals surface area contributed by atoms with Gasteiger partial charge in [0.05, 0.1) is 11.6 Å². The normalized spacial score (nSPS) is 10.7. The van der Waals surface area contributed by atoms with Crippen LogP contribution in [0.2, 0.25) is 5.02 Å². The number of carbonyl (C=O) groups is 1. The van der Waals surface area contributed by atoms with Crippen LogP contribution in [0.25, 0.3) is 0 Å². The number of aromatic carboxylic acids is 1. The van der Waals surface area contributed by atoms with Crippen LogP contribution in [0.3, 0.4) is 0 Å². The van der Waals surface area contributed by atoms with E-state index in [2.05, 4.69) is 13.8 Å². The Hall–Kier alpha value is -1.26. The molecule has 0 aromatic heterocycles. The van der Waals surface area contributed by atoms with E-state index < -0.39 is 5.97 Å². The molecule has 0 fully saturated rings. The van der Waals surface area contributed by atoms with Crippen molar-refractivity contribution < 1.29 is 19.4 Å². The Morgan fingerprint density at radius 2 is 2.05 bits per heavy atom. The maximum atomic E-state index is 11.1. The number of halogens is 1. The molecule has 106 valence electrons. The Bertz CT molecular complexity index is 418. The van der Waals surface area contributed by atoms with Gasteiger partial charge in [0.2, 0.25) is 0 Å². The minimum atomic E-state index is -1.10. The van der Waals surface area contributed by atoms with Gasteiger partial charge in [0, 0.05) is 6.61 Å². The molecule has 0 atom stereocenters. The van der Waals surface area contributed by atoms with Gasteiger partial charge in [0.1, 0.15) is 17.9 Å². The second kappa shape index (κ2) is 8.02. The third-order valence-corrected chi connectivity index (χ3v) is 2.83. The van der Waals surface area contributed by atoms with Crippen LogP contribution in [0.4, 0.5) is 0 Å². The molecule has 0 spiro atoms. The highest BCUT2D eigenvalue weighted by Gasteiger charge is 2.15. The molecule has 5 heteroatoms. The van der Waals surface area contributed by atoms with Crippen molar-refractivity contribution in [3.8, 4) is 5.75 Å². The third-order valence-electron chi connectivity index (χ3n) is 2.51. The van der Waals surface area contributed by atoms with Crippen LogP contribution in [0.15, 0.2) is 18.2 Å². The lowest BCUT2D eigenvalue weighted by atomic mass is 10.1. The topological polar surface area (TPSA) is 55.8 Å². The molecule has 1 N–H and O–H groups in total. The minimum Gasteiger partial charge on any atom is -0.490 e. The summed E-state index contributed by atoms with van der Waals surface area (Å²) in [4.78, 5) is 11.1. The van der Waals surface area contributed by atoms with E-state index in [1.165, 1.54) is 6.07 Å². The van der Waals surface area contributed by atoms with Crippen molar-refractivity contribution >= 4 is 17.6 Å². The smallest absolute Gasteiger partial charge is 0.341 e. The summed E-state index contributed by atoms with van der Waals surface area (Å²) in [6.45, 7) is 5.68. The van der Waals surface area contributed by atoms with E-state index in [0.717, 1.165) is 6.42 Å². The maximum Gasteiger partial charge on any atom is 0.341 e. The molecule has 0 radical (unpaired) electrons. The van der Waals surface area contributed by atoms with Gasteiger partial charge in [0.25, 0.3) is 0 Å². The van der Waals surface area contributed by atoms with E-state index in [1.54, 1.807) is 12.1 Å². The van der Waals surface area contributed by atoms with E-state index in [9.17, 15) is 4.79 Å². The van der Waals surface area contributed by atoms with E-state index >= 15 is 0 Å². The molecule has 0 saturated carbocycles. The number of carboxylic acids is 1. The number of hydrogen-bond acceptors (Lipinski definition) is 3. The molecule has 0 heterocycles. The Morgan fingerprint density at radius 1 is 1.32 bits per heavy atom. The SMILES string of the molecule is CC(C)CCOCCOc1cccc(Cl)c1C(=O)O. The fourth-order valence-corrected chi connectivity index (χ4v) is 1.71. The molecular weight excluding hydrogens is 268 g/mol. The molecule has 0 amide bonds. The fourth-order valence-electron chi connectivity index (χ4n) is 1.46. The van der Waals surface area contributed by atoms with Crippen LogP contribution in [-0.4, -0.2) is 30.9 Å². The van der Waals surface area contributed by atoms with E-state index in [0.29, 0.717) is 25.7 Å². The summed E-state index contributed by atoms with van der Waals surface area (Å²) in [5.41, 5.74) is -0.00801. The highest BCUT2D eigenvalue weighted by Crippen LogP contribution is 2.26. The van der Waals surface area contributed by atoms with Gasteiger partial charge in [0.15, 0.2) is 0 Å². The Labute approximate surface area is 118 Å². The first-order chi connectivity index (χ1) is 9.02. The van der Waals surface area contributed by atoms with Gasteiger partial charge in [-0.25, -0.2) is 4.79 Å². The Kier molecular flexibility index (Phi) is 6.67. The summed E-state index contributed by atoms with van der Waals surface area (Å²) in [6.07, 6.45) is 0.998. The molecule has 0 saturated heterocycles. The lowest BCUT2D eigenvalue weighted by Crippen LogP contribution is -2.11. The van der Waals surface area contributed by atoms with Gasteiger partial charge in [-0.3, -0.25) is 0 Å². The zero-order chi connectivity index (χ0) is 14.3. The van der Waals surface area contributed by atoms with E-state index in [4.69, 9.17) is 26.2 Å². The average molecular weight is 287 g/mol. The van der Waals surface area contributed by atoms with Crippen molar-refractivity contribution in [1.29, 1.82) is 0 Å². The van der Waals surface area contributed by atoms with E-state index in [1.807, 2.05) is 0 Å². The largest absolute Gasteiger partial charge is 0.490 e. The lowest BCUT2D eigenvalue weighted by molar-refractivity contribution is 0.0683. The maximum absolute atomic E-state index is 11.1. The van der Waals surface area contributed by atoms with Crippen LogP contribution < -0.4 is 4.74 Å². The molecule has 0 aliphatic rings. The van der Waals surface area contributed by atoms with Gasteiger partial charge in [-0.2, -0.15) is 0 Å². The van der Waals surface area contributed by atoms with Crippen LogP contribution in [-0.2, 0) is 4.74 Å². The van der Waals surface area contributed by atoms with Crippen LogP contribution >= 0.6 is 11.6 Å². The molecule has 0 aliphatic carbocycles. The first-order valence-corrected chi connectivity index (χ1v) is 6.62. The standard InChI is InChI=1S/C14H19ClO4/c1-10(2)6-7-18-8-9-19-12-5-3-4-11(15)13(12)14(16)17/h3-5,10H,6-9H2,1-2H3,(H,16,17). The minimum absolute atomic E-state index is 0.00801. The first kappa shape index (κ1) is 15.8. The molecular formula is C14H19ClO4. The van der Waals surface area contributed by atoms with Gasteiger partial charge in [-0.1, -0.05) is 31.5 Å². The summed E-state index contributed by atoms with van der Waals surface area (Å²) in [7, 11) is 0. The zero-order valence-electron chi connectivity index (χ0n) is 11.2. The summed E-state index contributed by atoms with van der Waals surface area (Å²) in [5, 5.41) is 9.22. The van der Waals surface area contributed by atoms with Gasteiger partial charge >= 0.3 is 5.97 Å². The monoisotopic (exact) mass is 286 g/mol. The predicted molar refractivity (Wildman–Crippen MR) is 74.2 cm³/mol. The van der Waals surface area contributed by atoms with Crippen LogP contribution in [0.5, 0.6) is 5.75 Å². The van der Waals surface area contributed by atoms with Crippen molar-refractivity contribution in [3.05, 3.63) is 28.8 Å². The lowest BCUT2D eigenvalue weighted by Gasteiger charge is -2.11. The summed E-state index contributed by atoms with van der Waals surface area (Å²) < 4.78 is 10.8. The van der Waals surface area contributed by atoms with Crippen molar-refractivity contribution in [3.63, 3.8) is 0 Å². The number of carboxylic acid groups (broad SMARTS) is 1. The fraction of sp³-hybridized carbons (Fsp3) is 0.500. The number of hydrogen-bond donors (Lipinski definition) is 1. The molecule has 0 aliphatic heterocycles. The average Bonchev–Trinajstić information content (AvgIpc) is 2.32. The van der Waals surface area contributed by atoms with E-state index in [-0.39, 0.29) is 16.3 Å². The quantitative estimate of drug-likeness (QED) is 0.743. The number of ether oxygens (including phenoxy) is 2. The van der Waals surface area contributed by atoms with Crippen LogP contribution in [0.1, 0.15) is 30.6 Å². The van der Waals surface area contributed by atoms with Crippen LogP contribution in [0, 0.1) is 5.92 Å². The highest BCUT2D eigenvalue weighted by atomic mass is 35.5. The Balaban J connectivity index is 2.41.